The van der Waals surface area contributed by atoms with Crippen LogP contribution in [0.3, 0.4) is 0 Å². The molecule has 0 bridgehead atoms. The van der Waals surface area contributed by atoms with Crippen LogP contribution >= 0.6 is 0 Å². The lowest BCUT2D eigenvalue weighted by molar-refractivity contribution is -0.134. The van der Waals surface area contributed by atoms with E-state index in [4.69, 9.17) is 25.2 Å². The number of carbonyl (C=O) groups is 4. The zero-order chi connectivity index (χ0) is 24.1. The number of aliphatic carboxylic acids is 4. The first kappa shape index (κ1) is 29.2. The SMILES string of the molecule is CCOc1cncc(/C=C/CCNC)c1.O=C(O)/C=C/C(=O)O.O=C(O)/C=C\C(=O)O. The van der Waals surface area contributed by atoms with Crippen LogP contribution in [-0.4, -0.2) is 69.5 Å². The molecule has 0 amide bonds. The monoisotopic (exact) mass is 438 g/mol. The molecule has 5 N–H and O–H groups in total. The predicted octanol–water partition coefficient (Wildman–Crippen LogP) is 1.53. The molecule has 0 saturated heterocycles. The highest BCUT2D eigenvalue weighted by Crippen LogP contribution is 2.12. The van der Waals surface area contributed by atoms with Gasteiger partial charge in [-0.25, -0.2) is 19.2 Å². The van der Waals surface area contributed by atoms with Crippen LogP contribution in [0.4, 0.5) is 0 Å². The topological polar surface area (TPSA) is 183 Å². The third-order valence-electron chi connectivity index (χ3n) is 2.65. The first-order chi connectivity index (χ1) is 14.6. The Bertz CT molecular complexity index is 721. The van der Waals surface area contributed by atoms with Gasteiger partial charge in [-0.15, -0.1) is 0 Å². The fraction of sp³-hybridized carbons (Fsp3) is 0.250. The highest BCUT2D eigenvalue weighted by molar-refractivity contribution is 5.90. The summed E-state index contributed by atoms with van der Waals surface area (Å²) in [7, 11) is 1.95. The summed E-state index contributed by atoms with van der Waals surface area (Å²) in [6, 6.07) is 1.99. The molecule has 0 radical (unpaired) electrons. The maximum absolute atomic E-state index is 9.55. The zero-order valence-electron chi connectivity index (χ0n) is 17.1. The van der Waals surface area contributed by atoms with Crippen molar-refractivity contribution in [3.63, 3.8) is 0 Å². The van der Waals surface area contributed by atoms with Crippen LogP contribution in [0.1, 0.15) is 18.9 Å². The van der Waals surface area contributed by atoms with Crippen molar-refractivity contribution in [3.8, 4) is 5.75 Å². The Hall–Kier alpha value is -3.99. The molecule has 31 heavy (non-hydrogen) atoms. The van der Waals surface area contributed by atoms with E-state index in [1.54, 1.807) is 6.20 Å². The van der Waals surface area contributed by atoms with Gasteiger partial charge in [-0.1, -0.05) is 12.2 Å². The molecular weight excluding hydrogens is 412 g/mol. The van der Waals surface area contributed by atoms with Crippen molar-refractivity contribution in [2.45, 2.75) is 13.3 Å². The van der Waals surface area contributed by atoms with Crippen LogP contribution in [-0.2, 0) is 19.2 Å². The van der Waals surface area contributed by atoms with Crippen LogP contribution in [0, 0.1) is 0 Å². The van der Waals surface area contributed by atoms with E-state index in [9.17, 15) is 19.2 Å². The van der Waals surface area contributed by atoms with Gasteiger partial charge in [0, 0.05) is 30.5 Å². The number of nitrogens with one attached hydrogen (secondary N) is 1. The molecular formula is C20H26N2O9. The Labute approximate surface area is 179 Å². The van der Waals surface area contributed by atoms with Gasteiger partial charge < -0.3 is 30.5 Å². The van der Waals surface area contributed by atoms with E-state index in [2.05, 4.69) is 22.5 Å². The molecule has 0 saturated carbocycles. The molecule has 0 unspecified atom stereocenters. The molecule has 0 aliphatic heterocycles. The average molecular weight is 438 g/mol. The Balaban J connectivity index is 0. The van der Waals surface area contributed by atoms with E-state index in [0.29, 0.717) is 30.9 Å². The number of carboxylic acids is 4. The molecule has 1 aromatic heterocycles. The Kier molecular flexibility index (Phi) is 18.2. The maximum Gasteiger partial charge on any atom is 0.328 e. The highest BCUT2D eigenvalue weighted by Gasteiger charge is 1.93. The molecule has 1 aromatic rings. The lowest BCUT2D eigenvalue weighted by Crippen LogP contribution is -2.05. The van der Waals surface area contributed by atoms with Gasteiger partial charge in [-0.3, -0.25) is 4.98 Å². The normalized spacial score (nSPS) is 10.1. The Morgan fingerprint density at radius 3 is 1.81 bits per heavy atom. The summed E-state index contributed by atoms with van der Waals surface area (Å²) in [6.07, 6.45) is 11.0. The van der Waals surface area contributed by atoms with Gasteiger partial charge in [-0.2, -0.15) is 0 Å². The first-order valence-electron chi connectivity index (χ1n) is 8.79. The van der Waals surface area contributed by atoms with E-state index >= 15 is 0 Å². The summed E-state index contributed by atoms with van der Waals surface area (Å²) in [4.78, 5) is 42.3. The number of rotatable bonds is 10. The molecule has 0 aliphatic rings. The molecule has 0 spiro atoms. The van der Waals surface area contributed by atoms with Gasteiger partial charge in [0.1, 0.15) is 5.75 Å². The number of hydrogen-bond acceptors (Lipinski definition) is 7. The molecule has 0 fully saturated rings. The van der Waals surface area contributed by atoms with Gasteiger partial charge in [-0.05, 0) is 38.6 Å². The van der Waals surface area contributed by atoms with E-state index in [-0.39, 0.29) is 0 Å². The second-order valence-corrected chi connectivity index (χ2v) is 5.20. The van der Waals surface area contributed by atoms with Gasteiger partial charge in [0.05, 0.1) is 12.8 Å². The zero-order valence-corrected chi connectivity index (χ0v) is 17.1. The smallest absolute Gasteiger partial charge is 0.328 e. The van der Waals surface area contributed by atoms with Gasteiger partial charge >= 0.3 is 23.9 Å². The summed E-state index contributed by atoms with van der Waals surface area (Å²) in [5, 5.41) is 34.3. The van der Waals surface area contributed by atoms with Crippen LogP contribution in [0.5, 0.6) is 5.75 Å². The third kappa shape index (κ3) is 24.0. The number of ether oxygens (including phenoxy) is 1. The summed E-state index contributed by atoms with van der Waals surface area (Å²) in [5.74, 6) is -4.20. The number of aromatic nitrogens is 1. The number of carboxylic acid groups (broad SMARTS) is 4. The molecule has 0 aromatic carbocycles. The van der Waals surface area contributed by atoms with Crippen molar-refractivity contribution < 1.29 is 44.3 Å². The molecule has 11 nitrogen and oxygen atoms in total. The second-order valence-electron chi connectivity index (χ2n) is 5.20. The van der Waals surface area contributed by atoms with Crippen LogP contribution in [0.25, 0.3) is 6.08 Å². The molecule has 11 heteroatoms. The summed E-state index contributed by atoms with van der Waals surface area (Å²) >= 11 is 0. The standard InChI is InChI=1S/C12H18N2O.2C4H4O4/c1-3-15-12-8-11(9-14-10-12)6-4-5-7-13-2;2*5-3(6)1-2-4(7)8/h4,6,8-10,13H,3,5,7H2,1-2H3;2*1-2H,(H,5,6)(H,7,8)/b6-4+;2-1+;2-1-. The summed E-state index contributed by atoms with van der Waals surface area (Å²) in [5.41, 5.74) is 1.08. The Morgan fingerprint density at radius 1 is 0.935 bits per heavy atom. The third-order valence-corrected chi connectivity index (χ3v) is 2.65. The fourth-order valence-electron chi connectivity index (χ4n) is 1.50. The van der Waals surface area contributed by atoms with E-state index in [1.165, 1.54) is 0 Å². The van der Waals surface area contributed by atoms with Gasteiger partial charge in [0.2, 0.25) is 0 Å². The van der Waals surface area contributed by atoms with Crippen molar-refractivity contribution in [2.75, 3.05) is 20.2 Å². The van der Waals surface area contributed by atoms with Gasteiger partial charge in [0.25, 0.3) is 0 Å². The first-order valence-corrected chi connectivity index (χ1v) is 8.79. The second kappa shape index (κ2) is 19.3. The summed E-state index contributed by atoms with van der Waals surface area (Å²) in [6.45, 7) is 3.64. The highest BCUT2D eigenvalue weighted by atomic mass is 16.5. The van der Waals surface area contributed by atoms with E-state index in [1.807, 2.05) is 26.2 Å². The van der Waals surface area contributed by atoms with Gasteiger partial charge in [0.15, 0.2) is 0 Å². The van der Waals surface area contributed by atoms with Crippen molar-refractivity contribution >= 4 is 30.0 Å². The molecule has 0 aliphatic carbocycles. The van der Waals surface area contributed by atoms with Crippen molar-refractivity contribution in [1.29, 1.82) is 0 Å². The van der Waals surface area contributed by atoms with Crippen LogP contribution in [0.2, 0.25) is 0 Å². The largest absolute Gasteiger partial charge is 0.492 e. The van der Waals surface area contributed by atoms with Crippen molar-refractivity contribution in [3.05, 3.63) is 54.4 Å². The maximum atomic E-state index is 9.55. The number of hydrogen-bond donors (Lipinski definition) is 5. The predicted molar refractivity (Wildman–Crippen MR) is 112 cm³/mol. The molecule has 0 atom stereocenters. The Morgan fingerprint density at radius 2 is 1.42 bits per heavy atom. The number of nitrogens with zero attached hydrogens (tertiary/aromatic N) is 1. The fourth-order valence-corrected chi connectivity index (χ4v) is 1.50. The lowest BCUT2D eigenvalue weighted by Gasteiger charge is -2.02. The lowest BCUT2D eigenvalue weighted by atomic mass is 10.2. The van der Waals surface area contributed by atoms with Crippen LogP contribution in [0.15, 0.2) is 48.8 Å². The minimum absolute atomic E-state index is 0.558. The molecule has 1 heterocycles. The molecule has 1 rings (SSSR count). The quantitative estimate of drug-likeness (QED) is 0.264. The van der Waals surface area contributed by atoms with Crippen molar-refractivity contribution in [2.24, 2.45) is 0 Å². The molecule has 170 valence electrons. The van der Waals surface area contributed by atoms with Crippen LogP contribution < -0.4 is 10.1 Å². The minimum atomic E-state index is -1.26. The van der Waals surface area contributed by atoms with Crippen molar-refractivity contribution in [1.82, 2.24) is 10.3 Å². The van der Waals surface area contributed by atoms with E-state index < -0.39 is 23.9 Å². The van der Waals surface area contributed by atoms with E-state index in [0.717, 1.165) is 24.3 Å². The summed E-state index contributed by atoms with van der Waals surface area (Å²) < 4.78 is 5.37. The minimum Gasteiger partial charge on any atom is -0.492 e. The number of pyridine rings is 1. The average Bonchev–Trinajstić information content (AvgIpc) is 2.70.